The number of amides is 1. The Morgan fingerprint density at radius 2 is 2.00 bits per heavy atom. The van der Waals surface area contributed by atoms with E-state index < -0.39 is 0 Å². The molecule has 6 heteroatoms. The van der Waals surface area contributed by atoms with Crippen LogP contribution in [-0.4, -0.2) is 35.6 Å². The molecule has 0 spiro atoms. The predicted octanol–water partition coefficient (Wildman–Crippen LogP) is 3.73. The van der Waals surface area contributed by atoms with Crippen molar-refractivity contribution in [3.05, 3.63) is 23.8 Å². The Hall–Kier alpha value is -1.69. The number of ether oxygens (including phenoxy) is 2. The van der Waals surface area contributed by atoms with Gasteiger partial charge in [0.05, 0.1) is 18.8 Å². The lowest BCUT2D eigenvalue weighted by atomic mass is 10.2. The summed E-state index contributed by atoms with van der Waals surface area (Å²) < 4.78 is 11.5. The molecule has 1 aromatic carbocycles. The van der Waals surface area contributed by atoms with E-state index in [-0.39, 0.29) is 18.1 Å². The van der Waals surface area contributed by atoms with E-state index in [4.69, 9.17) is 9.47 Å². The van der Waals surface area contributed by atoms with Crippen LogP contribution in [0.2, 0.25) is 0 Å². The molecule has 0 radical (unpaired) electrons. The SMILES string of the molecule is CC(C)COc1cc(OC(C)C)cc(C(=O)NC2=NC(C)CS2)c1. The molecule has 24 heavy (non-hydrogen) atoms. The quantitative estimate of drug-likeness (QED) is 0.849. The normalized spacial score (nSPS) is 17.1. The first-order chi connectivity index (χ1) is 11.3. The number of rotatable bonds is 6. The summed E-state index contributed by atoms with van der Waals surface area (Å²) in [4.78, 5) is 16.9. The van der Waals surface area contributed by atoms with Gasteiger partial charge in [0.1, 0.15) is 11.5 Å². The molecule has 1 aliphatic heterocycles. The topological polar surface area (TPSA) is 59.9 Å². The van der Waals surface area contributed by atoms with E-state index in [9.17, 15) is 4.79 Å². The number of hydrogen-bond donors (Lipinski definition) is 1. The van der Waals surface area contributed by atoms with Crippen molar-refractivity contribution in [2.75, 3.05) is 12.4 Å². The largest absolute Gasteiger partial charge is 0.493 e. The molecule has 2 rings (SSSR count). The Labute approximate surface area is 148 Å². The van der Waals surface area contributed by atoms with E-state index in [1.165, 1.54) is 0 Å². The zero-order chi connectivity index (χ0) is 17.7. The van der Waals surface area contributed by atoms with Crippen LogP contribution in [0, 0.1) is 5.92 Å². The number of carbonyl (C=O) groups excluding carboxylic acids is 1. The van der Waals surface area contributed by atoms with Crippen molar-refractivity contribution in [2.24, 2.45) is 10.9 Å². The zero-order valence-electron chi connectivity index (χ0n) is 15.0. The molecule has 1 heterocycles. The summed E-state index contributed by atoms with van der Waals surface area (Å²) in [6, 6.07) is 5.55. The minimum atomic E-state index is -0.195. The van der Waals surface area contributed by atoms with E-state index >= 15 is 0 Å². The third-order valence-corrected chi connectivity index (χ3v) is 4.25. The summed E-state index contributed by atoms with van der Waals surface area (Å²) in [5.74, 6) is 2.38. The van der Waals surface area contributed by atoms with Crippen LogP contribution < -0.4 is 14.8 Å². The van der Waals surface area contributed by atoms with E-state index in [1.54, 1.807) is 23.9 Å². The maximum Gasteiger partial charge on any atom is 0.257 e. The number of nitrogens with one attached hydrogen (secondary N) is 1. The predicted molar refractivity (Wildman–Crippen MR) is 99.4 cm³/mol. The number of thioether (sulfide) groups is 1. The van der Waals surface area contributed by atoms with Gasteiger partial charge in [-0.1, -0.05) is 25.6 Å². The lowest BCUT2D eigenvalue weighted by Gasteiger charge is -2.15. The highest BCUT2D eigenvalue weighted by Gasteiger charge is 2.18. The van der Waals surface area contributed by atoms with Gasteiger partial charge in [0.2, 0.25) is 0 Å². The van der Waals surface area contributed by atoms with E-state index in [2.05, 4.69) is 24.2 Å². The third kappa shape index (κ3) is 5.74. The number of nitrogens with zero attached hydrogens (tertiary/aromatic N) is 1. The van der Waals surface area contributed by atoms with Crippen LogP contribution in [0.15, 0.2) is 23.2 Å². The van der Waals surface area contributed by atoms with Gasteiger partial charge in [0.15, 0.2) is 5.17 Å². The van der Waals surface area contributed by atoms with Gasteiger partial charge in [-0.25, -0.2) is 0 Å². The Kier molecular flexibility index (Phi) is 6.54. The molecule has 0 fully saturated rings. The summed E-state index contributed by atoms with van der Waals surface area (Å²) in [6.07, 6.45) is 0.0249. The molecular weight excluding hydrogens is 324 g/mol. The molecular formula is C18H26N2O3S. The van der Waals surface area contributed by atoms with Crippen LogP contribution in [-0.2, 0) is 0 Å². The highest BCUT2D eigenvalue weighted by Crippen LogP contribution is 2.25. The lowest BCUT2D eigenvalue weighted by molar-refractivity contribution is 0.0976. The second kappa shape index (κ2) is 8.42. The Bertz CT molecular complexity index is 614. The number of carbonyl (C=O) groups is 1. The standard InChI is InChI=1S/C18H26N2O3S/c1-11(2)9-22-15-6-14(7-16(8-15)23-12(3)4)17(21)20-18-19-13(5)10-24-18/h6-8,11-13H,9-10H2,1-5H3,(H,19,20,21). The smallest absolute Gasteiger partial charge is 0.257 e. The van der Waals surface area contributed by atoms with E-state index in [0.29, 0.717) is 34.8 Å². The molecule has 1 unspecified atom stereocenters. The molecule has 5 nitrogen and oxygen atoms in total. The summed E-state index contributed by atoms with van der Waals surface area (Å²) in [7, 11) is 0. The highest BCUT2D eigenvalue weighted by atomic mass is 32.2. The zero-order valence-corrected chi connectivity index (χ0v) is 15.8. The molecule has 0 saturated carbocycles. The van der Waals surface area contributed by atoms with Gasteiger partial charge in [-0.15, -0.1) is 0 Å². The molecule has 132 valence electrons. The third-order valence-electron chi connectivity index (χ3n) is 3.12. The fraction of sp³-hybridized carbons (Fsp3) is 0.556. The number of aliphatic imine (C=N–C) groups is 1. The van der Waals surface area contributed by atoms with Crippen LogP contribution in [0.1, 0.15) is 45.0 Å². The van der Waals surface area contributed by atoms with Crippen molar-refractivity contribution in [3.63, 3.8) is 0 Å². The highest BCUT2D eigenvalue weighted by molar-refractivity contribution is 8.14. The van der Waals surface area contributed by atoms with Crippen LogP contribution in [0.25, 0.3) is 0 Å². The average Bonchev–Trinajstić information content (AvgIpc) is 2.89. The van der Waals surface area contributed by atoms with Crippen LogP contribution in [0.4, 0.5) is 0 Å². The van der Waals surface area contributed by atoms with Crippen molar-refractivity contribution < 1.29 is 14.3 Å². The van der Waals surface area contributed by atoms with E-state index in [1.807, 2.05) is 26.8 Å². The van der Waals surface area contributed by atoms with Gasteiger partial charge in [0, 0.05) is 17.4 Å². The van der Waals surface area contributed by atoms with Crippen LogP contribution in [0.5, 0.6) is 11.5 Å². The maximum absolute atomic E-state index is 12.5. The monoisotopic (exact) mass is 350 g/mol. The minimum absolute atomic E-state index is 0.0249. The number of hydrogen-bond acceptors (Lipinski definition) is 5. The summed E-state index contributed by atoms with van der Waals surface area (Å²) in [5.41, 5.74) is 0.509. The van der Waals surface area contributed by atoms with Gasteiger partial charge >= 0.3 is 0 Å². The first kappa shape index (κ1) is 18.6. The average molecular weight is 350 g/mol. The second-order valence-corrected chi connectivity index (χ2v) is 7.62. The van der Waals surface area contributed by atoms with Crippen molar-refractivity contribution in [3.8, 4) is 11.5 Å². The van der Waals surface area contributed by atoms with Gasteiger partial charge in [-0.2, -0.15) is 0 Å². The van der Waals surface area contributed by atoms with Crippen molar-refractivity contribution >= 4 is 22.8 Å². The van der Waals surface area contributed by atoms with Crippen LogP contribution in [0.3, 0.4) is 0 Å². The maximum atomic E-state index is 12.5. The van der Waals surface area contributed by atoms with Crippen molar-refractivity contribution in [1.29, 1.82) is 0 Å². The molecule has 1 aromatic rings. The molecule has 1 amide bonds. The van der Waals surface area contributed by atoms with Crippen LogP contribution >= 0.6 is 11.8 Å². The molecule has 1 atom stereocenters. The Morgan fingerprint density at radius 3 is 2.58 bits per heavy atom. The summed E-state index contributed by atoms with van der Waals surface area (Å²) in [6.45, 7) is 10.7. The lowest BCUT2D eigenvalue weighted by Crippen LogP contribution is -2.27. The fourth-order valence-electron chi connectivity index (χ4n) is 2.10. The molecule has 1 N–H and O–H groups in total. The Morgan fingerprint density at radius 1 is 1.29 bits per heavy atom. The summed E-state index contributed by atoms with van der Waals surface area (Å²) in [5, 5.41) is 3.53. The van der Waals surface area contributed by atoms with E-state index in [0.717, 1.165) is 5.75 Å². The van der Waals surface area contributed by atoms with Crippen molar-refractivity contribution in [1.82, 2.24) is 5.32 Å². The van der Waals surface area contributed by atoms with Gasteiger partial charge in [0.25, 0.3) is 5.91 Å². The van der Waals surface area contributed by atoms with Crippen molar-refractivity contribution in [2.45, 2.75) is 46.8 Å². The van der Waals surface area contributed by atoms with Gasteiger partial charge in [-0.3, -0.25) is 9.79 Å². The molecule has 0 aliphatic carbocycles. The first-order valence-corrected chi connectivity index (χ1v) is 9.28. The minimum Gasteiger partial charge on any atom is -0.493 e. The number of amidine groups is 1. The molecule has 0 aromatic heterocycles. The molecule has 0 saturated heterocycles. The summed E-state index contributed by atoms with van der Waals surface area (Å²) >= 11 is 1.56. The second-order valence-electron chi connectivity index (χ2n) is 6.61. The fourth-order valence-corrected chi connectivity index (χ4v) is 2.99. The number of benzene rings is 1. The molecule has 1 aliphatic rings. The molecule has 0 bridgehead atoms. The first-order valence-electron chi connectivity index (χ1n) is 8.30. The van der Waals surface area contributed by atoms with Gasteiger partial charge in [-0.05, 0) is 38.8 Å². The Balaban J connectivity index is 2.17. The van der Waals surface area contributed by atoms with Gasteiger partial charge < -0.3 is 14.8 Å².